The average Bonchev–Trinajstić information content (AvgIpc) is 2.37. The van der Waals surface area contributed by atoms with Crippen molar-refractivity contribution in [3.05, 3.63) is 24.5 Å². The van der Waals surface area contributed by atoms with Crippen molar-refractivity contribution >= 4 is 17.7 Å². The largest absolute Gasteiger partial charge is 0.448 e. The number of hydrogen-bond acceptors (Lipinski definition) is 4. The zero-order chi connectivity index (χ0) is 13.4. The lowest BCUT2D eigenvalue weighted by atomic mass is 10.4. The molecular weight excluding hydrogens is 234 g/mol. The number of carbonyl (C=O) groups excluding carboxylic acids is 2. The van der Waals surface area contributed by atoms with Gasteiger partial charge in [-0.3, -0.25) is 9.78 Å². The fourth-order valence-electron chi connectivity index (χ4n) is 1.24. The number of hydrazine groups is 1. The second kappa shape index (κ2) is 7.26. The third-order valence-electron chi connectivity index (χ3n) is 2.15. The molecule has 6 nitrogen and oxygen atoms in total. The molecule has 0 bridgehead atoms. The van der Waals surface area contributed by atoms with Gasteiger partial charge in [-0.25, -0.2) is 15.2 Å². The third kappa shape index (κ3) is 4.40. The molecule has 0 spiro atoms. The number of pyridine rings is 1. The van der Waals surface area contributed by atoms with Gasteiger partial charge in [0, 0.05) is 13.1 Å². The second-order valence-electron chi connectivity index (χ2n) is 3.67. The molecule has 0 atom stereocenters. The summed E-state index contributed by atoms with van der Waals surface area (Å²) in [6.07, 6.45) is 4.14. The molecule has 2 amide bonds. The summed E-state index contributed by atoms with van der Waals surface area (Å²) in [6, 6.07) is 3.34. The summed E-state index contributed by atoms with van der Waals surface area (Å²) in [5.74, 6) is -0.324. The number of anilines is 1. The lowest BCUT2D eigenvalue weighted by molar-refractivity contribution is -0.117. The molecule has 0 saturated carbocycles. The predicted molar refractivity (Wildman–Crippen MR) is 66.8 cm³/mol. The number of carbonyl (C=O) groups is 2. The molecule has 18 heavy (non-hydrogen) atoms. The highest BCUT2D eigenvalue weighted by Gasteiger charge is 2.15. The average molecular weight is 251 g/mol. The highest BCUT2D eigenvalue weighted by Crippen LogP contribution is 2.09. The van der Waals surface area contributed by atoms with Gasteiger partial charge in [0.05, 0.1) is 18.5 Å². The van der Waals surface area contributed by atoms with Crippen molar-refractivity contribution in [1.82, 2.24) is 10.4 Å². The van der Waals surface area contributed by atoms with Crippen molar-refractivity contribution < 1.29 is 14.3 Å². The van der Waals surface area contributed by atoms with E-state index in [1.165, 1.54) is 13.1 Å². The van der Waals surface area contributed by atoms with E-state index >= 15 is 0 Å². The van der Waals surface area contributed by atoms with Gasteiger partial charge in [0.1, 0.15) is 0 Å². The van der Waals surface area contributed by atoms with Crippen LogP contribution in [0.15, 0.2) is 24.5 Å². The molecule has 98 valence electrons. The zero-order valence-electron chi connectivity index (χ0n) is 10.5. The number of unbranched alkanes of at least 4 members (excludes halogenated alkanes) is 1. The number of rotatable bonds is 4. The van der Waals surface area contributed by atoms with Gasteiger partial charge in [0.2, 0.25) is 5.91 Å². The maximum Gasteiger partial charge on any atom is 0.426 e. The molecule has 1 heterocycles. The zero-order valence-corrected chi connectivity index (χ0v) is 10.5. The lowest BCUT2D eigenvalue weighted by Gasteiger charge is -2.20. The summed E-state index contributed by atoms with van der Waals surface area (Å²) in [6.45, 7) is 3.68. The van der Waals surface area contributed by atoms with Gasteiger partial charge in [0.25, 0.3) is 0 Å². The van der Waals surface area contributed by atoms with Crippen LogP contribution >= 0.6 is 0 Å². The third-order valence-corrected chi connectivity index (χ3v) is 2.15. The predicted octanol–water partition coefficient (Wildman–Crippen LogP) is 1.88. The molecule has 1 rings (SSSR count). The minimum absolute atomic E-state index is 0.324. The Kier molecular flexibility index (Phi) is 5.63. The van der Waals surface area contributed by atoms with Crippen molar-refractivity contribution in [2.24, 2.45) is 0 Å². The molecule has 0 radical (unpaired) electrons. The Hall–Kier alpha value is -2.11. The molecule has 6 heteroatoms. The van der Waals surface area contributed by atoms with Gasteiger partial charge in [-0.2, -0.15) is 0 Å². The summed E-state index contributed by atoms with van der Waals surface area (Å²) in [5, 5.41) is 1.10. The molecule has 0 aliphatic carbocycles. The Morgan fingerprint density at radius 2 is 2.28 bits per heavy atom. The van der Waals surface area contributed by atoms with Crippen LogP contribution in [0.3, 0.4) is 0 Å². The Morgan fingerprint density at radius 3 is 2.83 bits per heavy atom. The minimum atomic E-state index is -0.650. The van der Waals surface area contributed by atoms with E-state index in [9.17, 15) is 9.59 Å². The number of hydrogen-bond donors (Lipinski definition) is 1. The quantitative estimate of drug-likeness (QED) is 0.655. The van der Waals surface area contributed by atoms with Gasteiger partial charge in [0.15, 0.2) is 0 Å². The van der Waals surface area contributed by atoms with Crippen molar-refractivity contribution in [3.8, 4) is 0 Å². The minimum Gasteiger partial charge on any atom is -0.448 e. The first kappa shape index (κ1) is 14.0. The van der Waals surface area contributed by atoms with Crippen LogP contribution in [0.1, 0.15) is 26.7 Å². The second-order valence-corrected chi connectivity index (χ2v) is 3.67. The first-order chi connectivity index (χ1) is 8.65. The van der Waals surface area contributed by atoms with Gasteiger partial charge >= 0.3 is 6.09 Å². The molecule has 0 saturated heterocycles. The highest BCUT2D eigenvalue weighted by atomic mass is 16.6. The first-order valence-electron chi connectivity index (χ1n) is 5.79. The molecule has 0 aliphatic rings. The Labute approximate surface area is 106 Å². The molecule has 0 unspecified atom stereocenters. The summed E-state index contributed by atoms with van der Waals surface area (Å²) < 4.78 is 4.92. The molecule has 1 N–H and O–H groups in total. The van der Waals surface area contributed by atoms with Crippen molar-refractivity contribution in [2.45, 2.75) is 26.7 Å². The normalized spacial score (nSPS) is 9.67. The number of nitrogens with zero attached hydrogens (tertiary/aromatic N) is 2. The monoisotopic (exact) mass is 251 g/mol. The maximum atomic E-state index is 11.5. The van der Waals surface area contributed by atoms with Gasteiger partial charge in [-0.05, 0) is 18.6 Å². The van der Waals surface area contributed by atoms with Crippen LogP contribution in [0, 0.1) is 0 Å². The van der Waals surface area contributed by atoms with E-state index in [0.717, 1.165) is 17.9 Å². The van der Waals surface area contributed by atoms with E-state index in [1.807, 2.05) is 6.92 Å². The fraction of sp³-hybridized carbons (Fsp3) is 0.417. The van der Waals surface area contributed by atoms with E-state index in [-0.39, 0.29) is 5.91 Å². The van der Waals surface area contributed by atoms with Crippen LogP contribution in [0.25, 0.3) is 0 Å². The maximum absolute atomic E-state index is 11.5. The van der Waals surface area contributed by atoms with Gasteiger partial charge in [-0.15, -0.1) is 0 Å². The van der Waals surface area contributed by atoms with Gasteiger partial charge < -0.3 is 4.74 Å². The fourth-order valence-corrected chi connectivity index (χ4v) is 1.24. The topological polar surface area (TPSA) is 71.5 Å². The van der Waals surface area contributed by atoms with Crippen LogP contribution in [0.5, 0.6) is 0 Å². The van der Waals surface area contributed by atoms with E-state index in [4.69, 9.17) is 4.74 Å². The first-order valence-corrected chi connectivity index (χ1v) is 5.79. The number of amides is 2. The number of ether oxygens (including phenoxy) is 1. The summed E-state index contributed by atoms with van der Waals surface area (Å²) >= 11 is 0. The van der Waals surface area contributed by atoms with Crippen molar-refractivity contribution in [1.29, 1.82) is 0 Å². The lowest BCUT2D eigenvalue weighted by Crippen LogP contribution is -2.45. The van der Waals surface area contributed by atoms with E-state index in [0.29, 0.717) is 12.3 Å². The number of nitrogens with one attached hydrogen (secondary N) is 1. The smallest absolute Gasteiger partial charge is 0.426 e. The summed E-state index contributed by atoms with van der Waals surface area (Å²) in [4.78, 5) is 26.8. The van der Waals surface area contributed by atoms with E-state index in [1.54, 1.807) is 18.3 Å². The van der Waals surface area contributed by atoms with Crippen LogP contribution < -0.4 is 10.4 Å². The van der Waals surface area contributed by atoms with E-state index in [2.05, 4.69) is 10.4 Å². The molecule has 1 aromatic rings. The van der Waals surface area contributed by atoms with Crippen LogP contribution in [0.2, 0.25) is 0 Å². The Morgan fingerprint density at radius 1 is 1.50 bits per heavy atom. The van der Waals surface area contributed by atoms with Crippen molar-refractivity contribution in [2.75, 3.05) is 11.6 Å². The highest BCUT2D eigenvalue weighted by molar-refractivity contribution is 5.93. The van der Waals surface area contributed by atoms with Crippen LogP contribution in [-0.4, -0.2) is 23.6 Å². The molecule has 0 fully saturated rings. The molecular formula is C12H17N3O3. The standard InChI is InChI=1S/C12H17N3O3/c1-3-4-8-18-12(17)14-15(10(2)16)11-6-5-7-13-9-11/h5-7,9H,3-4,8H2,1-2H3,(H,14,17). The Bertz CT molecular complexity index is 395. The van der Waals surface area contributed by atoms with Crippen LogP contribution in [0.4, 0.5) is 10.5 Å². The molecule has 0 aliphatic heterocycles. The summed E-state index contributed by atoms with van der Waals surface area (Å²) in [5.41, 5.74) is 2.86. The Balaban J connectivity index is 2.59. The summed E-state index contributed by atoms with van der Waals surface area (Å²) in [7, 11) is 0. The van der Waals surface area contributed by atoms with Gasteiger partial charge in [-0.1, -0.05) is 13.3 Å². The van der Waals surface area contributed by atoms with Crippen molar-refractivity contribution in [3.63, 3.8) is 0 Å². The van der Waals surface area contributed by atoms with Crippen LogP contribution in [-0.2, 0) is 9.53 Å². The number of aromatic nitrogens is 1. The van der Waals surface area contributed by atoms with E-state index < -0.39 is 6.09 Å². The SMILES string of the molecule is CCCCOC(=O)NN(C(C)=O)c1cccnc1. The molecule has 0 aromatic carbocycles. The molecule has 1 aromatic heterocycles.